The van der Waals surface area contributed by atoms with E-state index in [1.807, 2.05) is 55.9 Å². The molecule has 0 spiro atoms. The fourth-order valence-electron chi connectivity index (χ4n) is 3.00. The minimum atomic E-state index is -0.233. The quantitative estimate of drug-likeness (QED) is 0.290. The zero-order chi connectivity index (χ0) is 19.9. The van der Waals surface area contributed by atoms with Crippen LogP contribution in [0.3, 0.4) is 0 Å². The average molecular weight is 511 g/mol. The van der Waals surface area contributed by atoms with Gasteiger partial charge in [0.05, 0.1) is 6.04 Å². The van der Waals surface area contributed by atoms with E-state index < -0.39 is 0 Å². The summed E-state index contributed by atoms with van der Waals surface area (Å²) in [6.07, 6.45) is 1.92. The lowest BCUT2D eigenvalue weighted by Crippen LogP contribution is -2.41. The number of aliphatic imine (C=N–C) groups is 1. The van der Waals surface area contributed by atoms with Crippen LogP contribution < -0.4 is 10.6 Å². The number of hydrogen-bond acceptors (Lipinski definition) is 4. The summed E-state index contributed by atoms with van der Waals surface area (Å²) in [4.78, 5) is 6.68. The van der Waals surface area contributed by atoms with E-state index in [1.54, 1.807) is 12.1 Å². The number of nitrogens with zero attached hydrogens (tertiary/aromatic N) is 5. The summed E-state index contributed by atoms with van der Waals surface area (Å²) < 4.78 is 15.5. The van der Waals surface area contributed by atoms with Gasteiger partial charge in [0.15, 0.2) is 17.4 Å². The van der Waals surface area contributed by atoms with Gasteiger partial charge in [-0.3, -0.25) is 4.40 Å². The molecule has 0 aliphatic rings. The third-order valence-corrected chi connectivity index (χ3v) is 4.43. The molecule has 2 heterocycles. The van der Waals surface area contributed by atoms with Crippen LogP contribution in [-0.4, -0.2) is 52.6 Å². The molecule has 1 aromatic carbocycles. The van der Waals surface area contributed by atoms with Crippen LogP contribution in [0.25, 0.3) is 5.65 Å². The lowest BCUT2D eigenvalue weighted by molar-refractivity contribution is 0.297. The molecule has 0 saturated carbocycles. The van der Waals surface area contributed by atoms with Crippen LogP contribution in [0.1, 0.15) is 24.4 Å². The van der Waals surface area contributed by atoms with Crippen molar-refractivity contribution in [1.82, 2.24) is 30.1 Å². The summed E-state index contributed by atoms with van der Waals surface area (Å²) in [7, 11) is 3.95. The molecule has 0 aliphatic carbocycles. The van der Waals surface area contributed by atoms with E-state index >= 15 is 0 Å². The maximum atomic E-state index is 13.6. The maximum absolute atomic E-state index is 13.6. The molecule has 1 unspecified atom stereocenters. The summed E-state index contributed by atoms with van der Waals surface area (Å²) in [6.45, 7) is 3.73. The largest absolute Gasteiger partial charge is 0.357 e. The van der Waals surface area contributed by atoms with Gasteiger partial charge >= 0.3 is 0 Å². The summed E-state index contributed by atoms with van der Waals surface area (Å²) in [6, 6.07) is 12.5. The van der Waals surface area contributed by atoms with E-state index in [2.05, 4.69) is 30.7 Å². The van der Waals surface area contributed by atoms with E-state index in [9.17, 15) is 4.39 Å². The molecule has 0 fully saturated rings. The van der Waals surface area contributed by atoms with Gasteiger partial charge in [-0.25, -0.2) is 9.38 Å². The van der Waals surface area contributed by atoms with Crippen molar-refractivity contribution in [2.24, 2.45) is 4.99 Å². The number of aromatic nitrogens is 3. The Morgan fingerprint density at radius 1 is 1.17 bits per heavy atom. The number of fused-ring (bicyclic) bond motifs is 1. The summed E-state index contributed by atoms with van der Waals surface area (Å²) in [5, 5.41) is 14.9. The van der Waals surface area contributed by atoms with Gasteiger partial charge in [-0.2, -0.15) is 0 Å². The van der Waals surface area contributed by atoms with Crippen LogP contribution in [0.2, 0.25) is 0 Å². The first-order valence-electron chi connectivity index (χ1n) is 9.31. The van der Waals surface area contributed by atoms with E-state index in [-0.39, 0.29) is 35.8 Å². The fraction of sp³-hybridized carbons (Fsp3) is 0.350. The van der Waals surface area contributed by atoms with Crippen molar-refractivity contribution in [3.63, 3.8) is 0 Å². The number of hydrogen-bond donors (Lipinski definition) is 2. The normalized spacial score (nSPS) is 12.7. The molecule has 0 amide bonds. The molecule has 0 saturated heterocycles. The minimum Gasteiger partial charge on any atom is -0.357 e. The highest BCUT2D eigenvalue weighted by Gasteiger charge is 2.15. The number of halogens is 2. The van der Waals surface area contributed by atoms with Gasteiger partial charge in [0.2, 0.25) is 0 Å². The number of likely N-dealkylation sites (N-methyl/N-ethyl adjacent to an activating group) is 1. The first kappa shape index (κ1) is 23.0. The van der Waals surface area contributed by atoms with E-state index in [4.69, 9.17) is 0 Å². The van der Waals surface area contributed by atoms with Gasteiger partial charge in [-0.1, -0.05) is 18.2 Å². The smallest absolute Gasteiger partial charge is 0.191 e. The molecule has 156 valence electrons. The third kappa shape index (κ3) is 6.10. The number of pyridine rings is 1. The van der Waals surface area contributed by atoms with Gasteiger partial charge in [0.1, 0.15) is 12.4 Å². The van der Waals surface area contributed by atoms with Crippen molar-refractivity contribution in [2.45, 2.75) is 19.5 Å². The topological polar surface area (TPSA) is 69.8 Å². The zero-order valence-electron chi connectivity index (χ0n) is 16.8. The molecule has 1 atom stereocenters. The Labute approximate surface area is 187 Å². The highest BCUT2D eigenvalue weighted by atomic mass is 127. The van der Waals surface area contributed by atoms with Crippen LogP contribution in [0.5, 0.6) is 0 Å². The Morgan fingerprint density at radius 3 is 2.72 bits per heavy atom. The molecule has 0 bridgehead atoms. The van der Waals surface area contributed by atoms with Crippen molar-refractivity contribution in [2.75, 3.05) is 27.2 Å². The van der Waals surface area contributed by atoms with Crippen molar-refractivity contribution in [1.29, 1.82) is 0 Å². The second kappa shape index (κ2) is 11.1. The first-order valence-corrected chi connectivity index (χ1v) is 9.31. The maximum Gasteiger partial charge on any atom is 0.191 e. The van der Waals surface area contributed by atoms with Crippen LogP contribution in [0.4, 0.5) is 4.39 Å². The van der Waals surface area contributed by atoms with Gasteiger partial charge in [-0.15, -0.1) is 34.2 Å². The Morgan fingerprint density at radius 2 is 2.00 bits per heavy atom. The number of guanidine groups is 1. The molecular formula is C20H27FIN7. The SMILES string of the molecule is CCNC(=NCc1nnc2ccccn12)NCC(c1cccc(F)c1)N(C)C.I. The monoisotopic (exact) mass is 511 g/mol. The van der Waals surface area contributed by atoms with Crippen molar-refractivity contribution < 1.29 is 4.39 Å². The molecule has 0 aliphatic heterocycles. The number of rotatable bonds is 7. The molecule has 0 radical (unpaired) electrons. The molecule has 3 rings (SSSR count). The Hall–Kier alpha value is -2.27. The van der Waals surface area contributed by atoms with E-state index in [0.29, 0.717) is 19.0 Å². The predicted molar refractivity (Wildman–Crippen MR) is 124 cm³/mol. The highest BCUT2D eigenvalue weighted by molar-refractivity contribution is 14.0. The molecular weight excluding hydrogens is 484 g/mol. The zero-order valence-corrected chi connectivity index (χ0v) is 19.2. The van der Waals surface area contributed by atoms with Crippen molar-refractivity contribution in [3.8, 4) is 0 Å². The Balaban J connectivity index is 0.00000300. The van der Waals surface area contributed by atoms with Crippen molar-refractivity contribution >= 4 is 35.6 Å². The summed E-state index contributed by atoms with van der Waals surface area (Å²) in [5.41, 5.74) is 1.71. The number of benzene rings is 1. The van der Waals surface area contributed by atoms with Crippen LogP contribution >= 0.6 is 24.0 Å². The lowest BCUT2D eigenvalue weighted by Gasteiger charge is -2.26. The summed E-state index contributed by atoms with van der Waals surface area (Å²) in [5.74, 6) is 1.21. The molecule has 7 nitrogen and oxygen atoms in total. The van der Waals surface area contributed by atoms with Gasteiger partial charge in [-0.05, 0) is 50.8 Å². The van der Waals surface area contributed by atoms with E-state index in [1.165, 1.54) is 6.07 Å². The number of nitrogens with one attached hydrogen (secondary N) is 2. The Kier molecular flexibility index (Phi) is 8.77. The highest BCUT2D eigenvalue weighted by Crippen LogP contribution is 2.18. The molecule has 3 aromatic rings. The van der Waals surface area contributed by atoms with Gasteiger partial charge < -0.3 is 15.5 Å². The van der Waals surface area contributed by atoms with Crippen molar-refractivity contribution in [3.05, 3.63) is 65.9 Å². The Bertz CT molecular complexity index is 941. The summed E-state index contributed by atoms with van der Waals surface area (Å²) >= 11 is 0. The van der Waals surface area contributed by atoms with Gasteiger partial charge in [0, 0.05) is 19.3 Å². The second-order valence-corrected chi connectivity index (χ2v) is 6.66. The standard InChI is InChI=1S/C20H26FN7.HI/c1-4-22-20(24-14-19-26-25-18-10-5-6-11-28(18)19)23-13-17(27(2)3)15-8-7-9-16(21)12-15;/h5-12,17H,4,13-14H2,1-3H3,(H2,22,23,24);1H. The van der Waals surface area contributed by atoms with Crippen LogP contribution in [-0.2, 0) is 6.54 Å². The molecule has 2 N–H and O–H groups in total. The molecule has 29 heavy (non-hydrogen) atoms. The minimum absolute atomic E-state index is 0. The molecule has 9 heteroatoms. The fourth-order valence-corrected chi connectivity index (χ4v) is 3.00. The van der Waals surface area contributed by atoms with E-state index in [0.717, 1.165) is 23.6 Å². The third-order valence-electron chi connectivity index (χ3n) is 4.43. The van der Waals surface area contributed by atoms with Crippen LogP contribution in [0.15, 0.2) is 53.7 Å². The lowest BCUT2D eigenvalue weighted by atomic mass is 10.1. The molecule has 2 aromatic heterocycles. The second-order valence-electron chi connectivity index (χ2n) is 6.66. The average Bonchev–Trinajstić information content (AvgIpc) is 3.09. The van der Waals surface area contributed by atoms with Gasteiger partial charge in [0.25, 0.3) is 0 Å². The first-order chi connectivity index (χ1) is 13.6. The van der Waals surface area contributed by atoms with Crippen LogP contribution in [0, 0.1) is 5.82 Å². The predicted octanol–water partition coefficient (Wildman–Crippen LogP) is 2.84.